The van der Waals surface area contributed by atoms with Crippen LogP contribution in [0.25, 0.3) is 0 Å². The molecule has 0 saturated carbocycles. The third-order valence-electron chi connectivity index (χ3n) is 3.38. The van der Waals surface area contributed by atoms with Gasteiger partial charge in [0.2, 0.25) is 5.75 Å². The first-order chi connectivity index (χ1) is 12.0. The summed E-state index contributed by atoms with van der Waals surface area (Å²) in [5.74, 6) is 0.144. The average Bonchev–Trinajstić information content (AvgIpc) is 2.61. The Balaban J connectivity index is 1.93. The summed E-state index contributed by atoms with van der Waals surface area (Å²) in [7, 11) is 2.88. The minimum absolute atomic E-state index is 0.0893. The van der Waals surface area contributed by atoms with Crippen molar-refractivity contribution in [2.75, 3.05) is 26.1 Å². The van der Waals surface area contributed by atoms with Gasteiger partial charge in [-0.2, -0.15) is 5.10 Å². The number of hydrazone groups is 1. The van der Waals surface area contributed by atoms with Crippen LogP contribution in [-0.4, -0.2) is 38.0 Å². The summed E-state index contributed by atoms with van der Waals surface area (Å²) >= 11 is 0. The highest BCUT2D eigenvalue weighted by Crippen LogP contribution is 2.36. The summed E-state index contributed by atoms with van der Waals surface area (Å²) in [6, 6.07) is 10.9. The second-order valence-electron chi connectivity index (χ2n) is 5.29. The van der Waals surface area contributed by atoms with E-state index in [4.69, 9.17) is 9.47 Å². The average molecular weight is 343 g/mol. The summed E-state index contributed by atoms with van der Waals surface area (Å²) in [6.45, 7) is 2.08. The Bertz CT molecular complexity index is 750. The number of phenols is 1. The predicted octanol–water partition coefficient (Wildman–Crippen LogP) is 2.28. The number of amides is 1. The Morgan fingerprint density at radius 1 is 1.20 bits per heavy atom. The number of anilines is 1. The van der Waals surface area contributed by atoms with Gasteiger partial charge < -0.3 is 19.9 Å². The van der Waals surface area contributed by atoms with Gasteiger partial charge in [-0.1, -0.05) is 12.1 Å². The Hall–Kier alpha value is -3.22. The van der Waals surface area contributed by atoms with Gasteiger partial charge >= 0.3 is 0 Å². The molecule has 0 aromatic heterocycles. The highest BCUT2D eigenvalue weighted by atomic mass is 16.5. The summed E-state index contributed by atoms with van der Waals surface area (Å²) in [4.78, 5) is 11.8. The molecule has 7 heteroatoms. The molecular formula is C18H21N3O4. The van der Waals surface area contributed by atoms with E-state index in [0.29, 0.717) is 5.56 Å². The fraction of sp³-hybridized carbons (Fsp3) is 0.222. The molecule has 0 saturated heterocycles. The second-order valence-corrected chi connectivity index (χ2v) is 5.29. The summed E-state index contributed by atoms with van der Waals surface area (Å²) in [5, 5.41) is 16.8. The Labute approximate surface area is 146 Å². The molecule has 7 nitrogen and oxygen atoms in total. The number of rotatable bonds is 7. The lowest BCUT2D eigenvalue weighted by atomic mass is 10.2. The monoisotopic (exact) mass is 343 g/mol. The van der Waals surface area contributed by atoms with Crippen LogP contribution >= 0.6 is 0 Å². The van der Waals surface area contributed by atoms with Crippen LogP contribution in [0.3, 0.4) is 0 Å². The van der Waals surface area contributed by atoms with Crippen LogP contribution in [0.15, 0.2) is 41.5 Å². The lowest BCUT2D eigenvalue weighted by molar-refractivity contribution is -0.119. The van der Waals surface area contributed by atoms with Crippen molar-refractivity contribution < 1.29 is 19.4 Å². The molecule has 0 bridgehead atoms. The number of aromatic hydroxyl groups is 1. The first-order valence-electron chi connectivity index (χ1n) is 7.61. The number of benzene rings is 2. The SMILES string of the molecule is COc1cc(C=NNC(=O)CNc2cccc(C)c2)cc(OC)c1O. The van der Waals surface area contributed by atoms with Gasteiger partial charge in [-0.25, -0.2) is 5.43 Å². The quantitative estimate of drug-likeness (QED) is 0.530. The zero-order valence-electron chi connectivity index (χ0n) is 14.4. The van der Waals surface area contributed by atoms with Crippen molar-refractivity contribution in [3.8, 4) is 17.2 Å². The van der Waals surface area contributed by atoms with Crippen LogP contribution in [0.1, 0.15) is 11.1 Å². The van der Waals surface area contributed by atoms with Crippen molar-refractivity contribution in [1.29, 1.82) is 0 Å². The van der Waals surface area contributed by atoms with Gasteiger partial charge in [-0.3, -0.25) is 4.79 Å². The Morgan fingerprint density at radius 3 is 2.48 bits per heavy atom. The summed E-state index contributed by atoms with van der Waals surface area (Å²) in [5.41, 5.74) is 5.02. The predicted molar refractivity (Wildman–Crippen MR) is 96.6 cm³/mol. The van der Waals surface area contributed by atoms with Crippen molar-refractivity contribution in [3.05, 3.63) is 47.5 Å². The molecule has 0 aliphatic carbocycles. The molecule has 0 unspecified atom stereocenters. The molecule has 0 heterocycles. The standard InChI is InChI=1S/C18H21N3O4/c1-12-5-4-6-14(7-12)19-11-17(22)21-20-10-13-8-15(24-2)18(23)16(9-13)25-3/h4-10,19,23H,11H2,1-3H3,(H,21,22). The van der Waals surface area contributed by atoms with Crippen molar-refractivity contribution in [1.82, 2.24) is 5.43 Å². The van der Waals surface area contributed by atoms with Crippen molar-refractivity contribution in [2.24, 2.45) is 5.10 Å². The van der Waals surface area contributed by atoms with E-state index < -0.39 is 0 Å². The van der Waals surface area contributed by atoms with Gasteiger partial charge in [-0.15, -0.1) is 0 Å². The van der Waals surface area contributed by atoms with Crippen LogP contribution in [0.5, 0.6) is 17.2 Å². The number of nitrogens with zero attached hydrogens (tertiary/aromatic N) is 1. The number of phenolic OH excluding ortho intramolecular Hbond substituents is 1. The first kappa shape index (κ1) is 18.1. The van der Waals surface area contributed by atoms with Gasteiger partial charge in [0.05, 0.1) is 27.0 Å². The van der Waals surface area contributed by atoms with Crippen molar-refractivity contribution in [2.45, 2.75) is 6.92 Å². The molecule has 132 valence electrons. The molecule has 25 heavy (non-hydrogen) atoms. The molecule has 3 N–H and O–H groups in total. The maximum atomic E-state index is 11.8. The van der Waals surface area contributed by atoms with E-state index in [1.54, 1.807) is 12.1 Å². The number of carbonyl (C=O) groups is 1. The largest absolute Gasteiger partial charge is 0.502 e. The molecule has 1 amide bonds. The molecule has 0 spiro atoms. The molecular weight excluding hydrogens is 322 g/mol. The third kappa shape index (κ3) is 5.13. The van der Waals surface area contributed by atoms with Gasteiger partial charge in [0.15, 0.2) is 11.5 Å². The highest BCUT2D eigenvalue weighted by molar-refractivity contribution is 5.85. The zero-order valence-corrected chi connectivity index (χ0v) is 14.4. The normalized spacial score (nSPS) is 10.5. The number of nitrogens with one attached hydrogen (secondary N) is 2. The zero-order chi connectivity index (χ0) is 18.2. The Morgan fingerprint density at radius 2 is 1.88 bits per heavy atom. The topological polar surface area (TPSA) is 92.2 Å². The Kier molecular flexibility index (Phi) is 6.22. The molecule has 2 aromatic rings. The number of hydrogen-bond acceptors (Lipinski definition) is 6. The third-order valence-corrected chi connectivity index (χ3v) is 3.38. The lowest BCUT2D eigenvalue weighted by Gasteiger charge is -2.09. The number of ether oxygens (including phenoxy) is 2. The fourth-order valence-electron chi connectivity index (χ4n) is 2.14. The van der Waals surface area contributed by atoms with Gasteiger partial charge in [0.1, 0.15) is 0 Å². The minimum Gasteiger partial charge on any atom is -0.502 e. The number of carbonyl (C=O) groups excluding carboxylic acids is 1. The molecule has 0 radical (unpaired) electrons. The van der Waals surface area contributed by atoms with Crippen LogP contribution in [0.2, 0.25) is 0 Å². The van der Waals surface area contributed by atoms with Crippen LogP contribution in [0, 0.1) is 6.92 Å². The van der Waals surface area contributed by atoms with Crippen molar-refractivity contribution >= 4 is 17.8 Å². The fourth-order valence-corrected chi connectivity index (χ4v) is 2.14. The molecule has 0 atom stereocenters. The van der Waals surface area contributed by atoms with E-state index in [1.807, 2.05) is 31.2 Å². The molecule has 0 aliphatic heterocycles. The van der Waals surface area contributed by atoms with E-state index in [-0.39, 0.29) is 29.7 Å². The van der Waals surface area contributed by atoms with Crippen LogP contribution in [-0.2, 0) is 4.79 Å². The molecule has 2 rings (SSSR count). The lowest BCUT2D eigenvalue weighted by Crippen LogP contribution is -2.25. The maximum absolute atomic E-state index is 11.8. The van der Waals surface area contributed by atoms with E-state index in [2.05, 4.69) is 15.8 Å². The van der Waals surface area contributed by atoms with E-state index in [9.17, 15) is 9.90 Å². The number of hydrogen-bond donors (Lipinski definition) is 3. The van der Waals surface area contributed by atoms with Crippen LogP contribution < -0.4 is 20.2 Å². The van der Waals surface area contributed by atoms with Crippen LogP contribution in [0.4, 0.5) is 5.69 Å². The van der Waals surface area contributed by atoms with E-state index in [1.165, 1.54) is 20.4 Å². The first-order valence-corrected chi connectivity index (χ1v) is 7.61. The molecule has 0 fully saturated rings. The summed E-state index contributed by atoms with van der Waals surface area (Å²) < 4.78 is 10.1. The van der Waals surface area contributed by atoms with Gasteiger partial charge in [0.25, 0.3) is 5.91 Å². The van der Waals surface area contributed by atoms with Gasteiger partial charge in [-0.05, 0) is 36.8 Å². The second kappa shape index (κ2) is 8.58. The maximum Gasteiger partial charge on any atom is 0.259 e. The number of aryl methyl sites for hydroxylation is 1. The van der Waals surface area contributed by atoms with Crippen molar-refractivity contribution in [3.63, 3.8) is 0 Å². The molecule has 0 aliphatic rings. The van der Waals surface area contributed by atoms with Gasteiger partial charge in [0, 0.05) is 11.3 Å². The smallest absolute Gasteiger partial charge is 0.259 e. The molecule has 2 aromatic carbocycles. The number of methoxy groups -OCH3 is 2. The van der Waals surface area contributed by atoms with E-state index in [0.717, 1.165) is 11.3 Å². The van der Waals surface area contributed by atoms with E-state index >= 15 is 0 Å². The minimum atomic E-state index is -0.282. The summed E-state index contributed by atoms with van der Waals surface area (Å²) in [6.07, 6.45) is 1.44. The highest BCUT2D eigenvalue weighted by Gasteiger charge is 2.10.